The number of hydrogen-bond acceptors (Lipinski definition) is 4. The van der Waals surface area contributed by atoms with Gasteiger partial charge in [-0.2, -0.15) is 0 Å². The van der Waals surface area contributed by atoms with Gasteiger partial charge < -0.3 is 20.3 Å². The molecule has 3 N–H and O–H groups in total. The Morgan fingerprint density at radius 3 is 2.65 bits per heavy atom. The Hall–Kier alpha value is -3.69. The van der Waals surface area contributed by atoms with Crippen molar-refractivity contribution in [3.8, 4) is 0 Å². The minimum absolute atomic E-state index is 0.195. The number of hydrogen-bond donors (Lipinski definition) is 3. The normalized spacial score (nSPS) is 17.1. The maximum absolute atomic E-state index is 13.5. The number of nitrogens with zero attached hydrogens (tertiary/aromatic N) is 1. The van der Waals surface area contributed by atoms with Crippen LogP contribution in [0, 0.1) is 0 Å². The first-order valence-electron chi connectivity index (χ1n) is 12.8. The van der Waals surface area contributed by atoms with Crippen molar-refractivity contribution >= 4 is 17.2 Å². The number of rotatable bonds is 8. The Bertz CT molecular complexity index is 1470. The van der Waals surface area contributed by atoms with E-state index in [2.05, 4.69) is 32.7 Å². The number of fused-ring (bicyclic) bond motifs is 1. The fraction of sp³-hybridized carbons (Fsp3) is 0.281. The Labute approximate surface area is 218 Å². The van der Waals surface area contributed by atoms with Crippen molar-refractivity contribution in [2.45, 2.75) is 24.4 Å². The van der Waals surface area contributed by atoms with Crippen LogP contribution in [0.25, 0.3) is 17.2 Å². The zero-order chi connectivity index (χ0) is 25.8. The number of nitrogens with one attached hydrogen (secondary N) is 2. The predicted octanol–water partition coefficient (Wildman–Crippen LogP) is 4.43. The third-order valence-electron chi connectivity index (χ3n) is 7.32. The monoisotopic (exact) mass is 491 g/mol. The number of aromatic nitrogens is 1. The molecule has 0 amide bonds. The van der Waals surface area contributed by atoms with E-state index in [1.807, 2.05) is 80.8 Å². The van der Waals surface area contributed by atoms with E-state index in [1.165, 1.54) is 5.57 Å². The quantitative estimate of drug-likeness (QED) is 0.408. The molecule has 37 heavy (non-hydrogen) atoms. The minimum Gasteiger partial charge on any atom is -0.383 e. The molecule has 2 heterocycles. The molecule has 0 spiro atoms. The van der Waals surface area contributed by atoms with Crippen LogP contribution >= 0.6 is 0 Å². The van der Waals surface area contributed by atoms with Crippen LogP contribution in [-0.2, 0) is 0 Å². The third-order valence-corrected chi connectivity index (χ3v) is 7.32. The summed E-state index contributed by atoms with van der Waals surface area (Å²) in [5, 5.41) is 16.2. The second kappa shape index (κ2) is 10.7. The average molecular weight is 492 g/mol. The van der Waals surface area contributed by atoms with Crippen molar-refractivity contribution in [2.75, 3.05) is 33.7 Å². The standard InChI is InChI=1S/C32H33N3O2/c1-35(2)20-17-32(37,29-14-8-12-24-9-6-7-13-27(24)29)30(25-10-4-3-5-11-25)28-21-26(22-34-31(28)36)23-15-18-33-19-16-23/h3-7,9-13,15,21-22,30,33,37H,16-20H2,1-2H3,(H,34,36). The van der Waals surface area contributed by atoms with Gasteiger partial charge in [0, 0.05) is 36.3 Å². The highest BCUT2D eigenvalue weighted by Crippen LogP contribution is 2.46. The molecule has 0 radical (unpaired) electrons. The van der Waals surface area contributed by atoms with Gasteiger partial charge in [-0.15, -0.1) is 0 Å². The number of aliphatic hydroxyl groups is 1. The van der Waals surface area contributed by atoms with Crippen LogP contribution in [0.15, 0.2) is 89.2 Å². The summed E-state index contributed by atoms with van der Waals surface area (Å²) < 4.78 is 0. The largest absolute Gasteiger partial charge is 0.383 e. The number of benzene rings is 2. The van der Waals surface area contributed by atoms with Crippen LogP contribution in [0.1, 0.15) is 46.6 Å². The molecule has 1 aliphatic heterocycles. The molecule has 5 heteroatoms. The van der Waals surface area contributed by atoms with Crippen molar-refractivity contribution in [3.05, 3.63) is 123 Å². The van der Waals surface area contributed by atoms with E-state index in [-0.39, 0.29) is 5.56 Å². The van der Waals surface area contributed by atoms with Gasteiger partial charge in [0.15, 0.2) is 0 Å². The highest BCUT2D eigenvalue weighted by atomic mass is 16.3. The van der Waals surface area contributed by atoms with E-state index in [9.17, 15) is 9.90 Å². The molecule has 0 bridgehead atoms. The molecular weight excluding hydrogens is 458 g/mol. The molecule has 1 aliphatic carbocycles. The van der Waals surface area contributed by atoms with Crippen LogP contribution in [0.4, 0.5) is 0 Å². The molecular formula is C32H33N3O2. The van der Waals surface area contributed by atoms with Gasteiger partial charge >= 0.3 is 0 Å². The lowest BCUT2D eigenvalue weighted by atomic mass is 9.69. The fourth-order valence-corrected chi connectivity index (χ4v) is 5.40. The second-order valence-corrected chi connectivity index (χ2v) is 10.1. The maximum atomic E-state index is 13.5. The number of pyridine rings is 1. The van der Waals surface area contributed by atoms with Gasteiger partial charge in [0.05, 0.1) is 0 Å². The molecule has 5 rings (SSSR count). The summed E-state index contributed by atoms with van der Waals surface area (Å²) in [6.45, 7) is 2.33. The van der Waals surface area contributed by atoms with E-state index < -0.39 is 11.5 Å². The first kappa shape index (κ1) is 25.0. The molecule has 2 aromatic carbocycles. The van der Waals surface area contributed by atoms with Crippen molar-refractivity contribution in [1.29, 1.82) is 0 Å². The van der Waals surface area contributed by atoms with Crippen molar-refractivity contribution in [1.82, 2.24) is 15.2 Å². The summed E-state index contributed by atoms with van der Waals surface area (Å²) >= 11 is 0. The van der Waals surface area contributed by atoms with Gasteiger partial charge in [0.2, 0.25) is 0 Å². The minimum atomic E-state index is -1.42. The molecule has 2 aliphatic rings. The molecule has 5 nitrogen and oxygen atoms in total. The van der Waals surface area contributed by atoms with Crippen LogP contribution in [0.5, 0.6) is 0 Å². The van der Waals surface area contributed by atoms with Gasteiger partial charge in [0.1, 0.15) is 5.60 Å². The van der Waals surface area contributed by atoms with Crippen LogP contribution < -0.4 is 10.9 Å². The zero-order valence-corrected chi connectivity index (χ0v) is 21.4. The molecule has 1 aromatic heterocycles. The topological polar surface area (TPSA) is 68.4 Å². The van der Waals surface area contributed by atoms with E-state index in [0.29, 0.717) is 24.1 Å². The highest BCUT2D eigenvalue weighted by molar-refractivity contribution is 5.82. The fourth-order valence-electron chi connectivity index (χ4n) is 5.40. The van der Waals surface area contributed by atoms with Gasteiger partial charge in [-0.25, -0.2) is 0 Å². The average Bonchev–Trinajstić information content (AvgIpc) is 2.94. The maximum Gasteiger partial charge on any atom is 0.251 e. The van der Waals surface area contributed by atoms with Crippen LogP contribution in [-0.4, -0.2) is 54.3 Å². The van der Waals surface area contributed by atoms with Crippen molar-refractivity contribution in [2.24, 2.45) is 0 Å². The lowest BCUT2D eigenvalue weighted by Crippen LogP contribution is -2.43. The van der Waals surface area contributed by atoms with E-state index in [0.717, 1.165) is 41.8 Å². The van der Waals surface area contributed by atoms with Gasteiger partial charge in [0.25, 0.3) is 5.56 Å². The number of H-pyrrole nitrogens is 1. The third kappa shape index (κ3) is 5.10. The molecule has 3 aromatic rings. The lowest BCUT2D eigenvalue weighted by molar-refractivity contribution is 0.0665. The Morgan fingerprint density at radius 2 is 1.89 bits per heavy atom. The van der Waals surface area contributed by atoms with Gasteiger partial charge in [-0.3, -0.25) is 4.79 Å². The highest BCUT2D eigenvalue weighted by Gasteiger charge is 2.44. The Morgan fingerprint density at radius 1 is 1.11 bits per heavy atom. The molecule has 188 valence electrons. The summed E-state index contributed by atoms with van der Waals surface area (Å²) in [5.74, 6) is -0.616. The summed E-state index contributed by atoms with van der Waals surface area (Å²) in [6, 6.07) is 19.8. The molecule has 2 unspecified atom stereocenters. The van der Waals surface area contributed by atoms with Crippen LogP contribution in [0.2, 0.25) is 0 Å². The molecule has 0 fully saturated rings. The molecule has 2 atom stereocenters. The van der Waals surface area contributed by atoms with Crippen LogP contribution in [0.3, 0.4) is 0 Å². The van der Waals surface area contributed by atoms with Gasteiger partial charge in [-0.05, 0) is 73.5 Å². The smallest absolute Gasteiger partial charge is 0.251 e. The molecule has 0 saturated heterocycles. The zero-order valence-electron chi connectivity index (χ0n) is 21.4. The van der Waals surface area contributed by atoms with Crippen molar-refractivity contribution < 1.29 is 5.11 Å². The number of aromatic amines is 1. The summed E-state index contributed by atoms with van der Waals surface area (Å²) in [7, 11) is 3.99. The van der Waals surface area contributed by atoms with E-state index in [4.69, 9.17) is 0 Å². The predicted molar refractivity (Wildman–Crippen MR) is 150 cm³/mol. The second-order valence-electron chi connectivity index (χ2n) is 10.1. The van der Waals surface area contributed by atoms with Crippen molar-refractivity contribution in [3.63, 3.8) is 0 Å². The van der Waals surface area contributed by atoms with E-state index in [1.54, 1.807) is 6.20 Å². The van der Waals surface area contributed by atoms with E-state index >= 15 is 0 Å². The summed E-state index contributed by atoms with van der Waals surface area (Å²) in [5.41, 5.74) is 11.0. The Kier molecular flexibility index (Phi) is 7.25. The summed E-state index contributed by atoms with van der Waals surface area (Å²) in [4.78, 5) is 18.6. The Balaban J connectivity index is 1.75. The van der Waals surface area contributed by atoms with Gasteiger partial charge in [-0.1, -0.05) is 72.1 Å². The molecule has 0 saturated carbocycles. The first-order valence-corrected chi connectivity index (χ1v) is 12.8. The SMILES string of the molecule is CN(C)CCC(O)(C1=C=C=Cc2ccccc21)C(c1ccccc1)c1cc(C2=CCNCC2)c[nH]c1=O. The summed E-state index contributed by atoms with van der Waals surface area (Å²) in [6.07, 6.45) is 7.15. The lowest BCUT2D eigenvalue weighted by Gasteiger charge is -2.39. The first-order chi connectivity index (χ1) is 18.0.